The quantitative estimate of drug-likeness (QED) is 0.544. The fraction of sp³-hybridized carbons (Fsp3) is 0.167. The second kappa shape index (κ2) is 9.89. The van der Waals surface area contributed by atoms with Crippen LogP contribution in [-0.2, 0) is 4.79 Å². The lowest BCUT2D eigenvalue weighted by atomic mass is 10.1. The van der Waals surface area contributed by atoms with Crippen molar-refractivity contribution in [2.45, 2.75) is 19.9 Å². The van der Waals surface area contributed by atoms with E-state index in [2.05, 4.69) is 10.6 Å². The summed E-state index contributed by atoms with van der Waals surface area (Å²) in [4.78, 5) is 26.6. The molecule has 0 fully saturated rings. The van der Waals surface area contributed by atoms with E-state index in [1.54, 1.807) is 25.3 Å². The molecule has 0 bridgehead atoms. The van der Waals surface area contributed by atoms with E-state index in [1.807, 2.05) is 67.8 Å². The molecule has 2 N–H and O–H groups in total. The minimum atomic E-state index is -0.354. The molecule has 1 aromatic heterocycles. The average molecular weight is 421 g/mol. The Bertz CT molecular complexity index is 1040. The first kappa shape index (κ1) is 21.3. The van der Waals surface area contributed by atoms with Crippen LogP contribution in [0.5, 0.6) is 5.75 Å². The normalized spacial score (nSPS) is 12.2. The number of carbonyl (C=O) groups excluding carboxylic acids is 2. The first-order valence-electron chi connectivity index (χ1n) is 9.54. The van der Waals surface area contributed by atoms with Crippen molar-refractivity contribution in [3.8, 4) is 5.75 Å². The number of rotatable bonds is 7. The van der Waals surface area contributed by atoms with Gasteiger partial charge in [0.15, 0.2) is 0 Å². The fourth-order valence-electron chi connectivity index (χ4n) is 2.91. The van der Waals surface area contributed by atoms with Crippen molar-refractivity contribution in [3.63, 3.8) is 0 Å². The number of methoxy groups -OCH3 is 1. The highest BCUT2D eigenvalue weighted by Gasteiger charge is 2.18. The summed E-state index contributed by atoms with van der Waals surface area (Å²) in [6.45, 7) is 3.81. The summed E-state index contributed by atoms with van der Waals surface area (Å²) < 4.78 is 5.18. The molecule has 0 spiro atoms. The summed E-state index contributed by atoms with van der Waals surface area (Å²) in [5.74, 6) is 0.0717. The molecule has 0 saturated carbocycles. The third-order valence-corrected chi connectivity index (χ3v) is 5.39. The van der Waals surface area contributed by atoms with E-state index < -0.39 is 0 Å². The van der Waals surface area contributed by atoms with Gasteiger partial charge in [-0.25, -0.2) is 0 Å². The van der Waals surface area contributed by atoms with Crippen molar-refractivity contribution in [2.24, 2.45) is 0 Å². The first-order valence-corrected chi connectivity index (χ1v) is 10.4. The Kier molecular flexibility index (Phi) is 7.03. The number of carbonyl (C=O) groups is 2. The molecule has 0 radical (unpaired) electrons. The molecule has 0 aliphatic carbocycles. The van der Waals surface area contributed by atoms with Gasteiger partial charge in [0, 0.05) is 10.4 Å². The van der Waals surface area contributed by atoms with Crippen LogP contribution in [0, 0.1) is 6.92 Å². The lowest BCUT2D eigenvalue weighted by Crippen LogP contribution is -2.36. The number of hydrogen-bond donors (Lipinski definition) is 2. The van der Waals surface area contributed by atoms with Crippen LogP contribution in [0.1, 0.15) is 39.3 Å². The smallest absolute Gasteiger partial charge is 0.268 e. The molecular weight excluding hydrogens is 396 g/mol. The standard InChI is InChI=1S/C24H24N2O3S/c1-16-6-4-7-19(14-16)23(27)26-22(15-21-8-5-13-30-21)24(28)25-17(2)18-9-11-20(29-3)12-10-18/h4-15,17H,1-3H3,(H,25,28)(H,26,27)/b22-15-/t17-/m0/s1. The molecule has 30 heavy (non-hydrogen) atoms. The zero-order chi connectivity index (χ0) is 21.5. The molecule has 2 aromatic carbocycles. The average Bonchev–Trinajstić information content (AvgIpc) is 3.26. The van der Waals surface area contributed by atoms with Crippen LogP contribution < -0.4 is 15.4 Å². The maximum absolute atomic E-state index is 13.0. The number of benzene rings is 2. The number of nitrogens with one attached hydrogen (secondary N) is 2. The zero-order valence-corrected chi connectivity index (χ0v) is 18.0. The van der Waals surface area contributed by atoms with Gasteiger partial charge in [0.05, 0.1) is 13.2 Å². The molecule has 3 aromatic rings. The van der Waals surface area contributed by atoms with Gasteiger partial charge in [-0.1, -0.05) is 35.9 Å². The molecule has 0 aliphatic heterocycles. The van der Waals surface area contributed by atoms with Crippen molar-refractivity contribution < 1.29 is 14.3 Å². The predicted octanol–water partition coefficient (Wildman–Crippen LogP) is 4.71. The van der Waals surface area contributed by atoms with Gasteiger partial charge in [0.25, 0.3) is 11.8 Å². The van der Waals surface area contributed by atoms with E-state index in [4.69, 9.17) is 4.74 Å². The lowest BCUT2D eigenvalue weighted by Gasteiger charge is -2.17. The van der Waals surface area contributed by atoms with Crippen LogP contribution >= 0.6 is 11.3 Å². The van der Waals surface area contributed by atoms with Gasteiger partial charge in [-0.05, 0) is 61.2 Å². The Morgan fingerprint density at radius 3 is 2.47 bits per heavy atom. The van der Waals surface area contributed by atoms with Crippen LogP contribution in [0.15, 0.2) is 71.7 Å². The van der Waals surface area contributed by atoms with E-state index in [0.29, 0.717) is 5.56 Å². The van der Waals surface area contributed by atoms with Crippen molar-refractivity contribution >= 4 is 29.2 Å². The minimum Gasteiger partial charge on any atom is -0.497 e. The number of ether oxygens (including phenoxy) is 1. The predicted molar refractivity (Wildman–Crippen MR) is 120 cm³/mol. The zero-order valence-electron chi connectivity index (χ0n) is 17.1. The van der Waals surface area contributed by atoms with Crippen molar-refractivity contribution in [2.75, 3.05) is 7.11 Å². The van der Waals surface area contributed by atoms with E-state index in [0.717, 1.165) is 21.8 Å². The van der Waals surface area contributed by atoms with Gasteiger partial charge in [0.1, 0.15) is 11.4 Å². The van der Waals surface area contributed by atoms with Crippen molar-refractivity contribution in [3.05, 3.63) is 93.3 Å². The number of aryl methyl sites for hydroxylation is 1. The molecule has 1 atom stereocenters. The van der Waals surface area contributed by atoms with Crippen molar-refractivity contribution in [1.29, 1.82) is 0 Å². The Morgan fingerprint density at radius 2 is 1.83 bits per heavy atom. The van der Waals surface area contributed by atoms with Crippen LogP contribution in [0.3, 0.4) is 0 Å². The van der Waals surface area contributed by atoms with E-state index in [-0.39, 0.29) is 23.6 Å². The molecule has 5 nitrogen and oxygen atoms in total. The molecule has 3 rings (SSSR count). The number of hydrogen-bond acceptors (Lipinski definition) is 4. The maximum atomic E-state index is 13.0. The Hall–Kier alpha value is -3.38. The van der Waals surface area contributed by atoms with Gasteiger partial charge in [-0.2, -0.15) is 0 Å². The molecule has 0 saturated heterocycles. The third-order valence-electron chi connectivity index (χ3n) is 4.57. The molecule has 0 unspecified atom stereocenters. The Labute approximate surface area is 180 Å². The number of amides is 2. The summed E-state index contributed by atoms with van der Waals surface area (Å²) in [7, 11) is 1.61. The molecular formula is C24H24N2O3S. The first-order chi connectivity index (χ1) is 14.5. The Morgan fingerprint density at radius 1 is 1.07 bits per heavy atom. The van der Waals surface area contributed by atoms with Crippen LogP contribution in [0.2, 0.25) is 0 Å². The molecule has 0 aliphatic rings. The largest absolute Gasteiger partial charge is 0.497 e. The van der Waals surface area contributed by atoms with Crippen LogP contribution in [0.4, 0.5) is 0 Å². The summed E-state index contributed by atoms with van der Waals surface area (Å²) in [6, 6.07) is 18.3. The summed E-state index contributed by atoms with van der Waals surface area (Å²) in [6.07, 6.45) is 1.69. The third kappa shape index (κ3) is 5.58. The van der Waals surface area contributed by atoms with Crippen molar-refractivity contribution in [1.82, 2.24) is 10.6 Å². The SMILES string of the molecule is COc1ccc([C@H](C)NC(=O)/C(=C/c2cccs2)NC(=O)c2cccc(C)c2)cc1. The summed E-state index contributed by atoms with van der Waals surface area (Å²) in [5, 5.41) is 7.65. The minimum absolute atomic E-state index is 0.198. The van der Waals surface area contributed by atoms with Crippen LogP contribution in [-0.4, -0.2) is 18.9 Å². The molecule has 6 heteroatoms. The van der Waals surface area contributed by atoms with E-state index in [1.165, 1.54) is 11.3 Å². The van der Waals surface area contributed by atoms with Gasteiger partial charge < -0.3 is 15.4 Å². The molecule has 154 valence electrons. The summed E-state index contributed by atoms with van der Waals surface area (Å²) >= 11 is 1.49. The molecule has 1 heterocycles. The van der Waals surface area contributed by atoms with E-state index >= 15 is 0 Å². The maximum Gasteiger partial charge on any atom is 0.268 e. The highest BCUT2D eigenvalue weighted by atomic mass is 32.1. The lowest BCUT2D eigenvalue weighted by molar-refractivity contribution is -0.118. The second-order valence-corrected chi connectivity index (χ2v) is 7.84. The van der Waals surface area contributed by atoms with Gasteiger partial charge in [-0.15, -0.1) is 11.3 Å². The molecule has 2 amide bonds. The highest BCUT2D eigenvalue weighted by molar-refractivity contribution is 7.10. The van der Waals surface area contributed by atoms with Crippen LogP contribution in [0.25, 0.3) is 6.08 Å². The highest BCUT2D eigenvalue weighted by Crippen LogP contribution is 2.18. The van der Waals surface area contributed by atoms with Gasteiger partial charge in [0.2, 0.25) is 0 Å². The Balaban J connectivity index is 1.79. The second-order valence-electron chi connectivity index (χ2n) is 6.87. The fourth-order valence-corrected chi connectivity index (χ4v) is 3.56. The monoisotopic (exact) mass is 420 g/mol. The van der Waals surface area contributed by atoms with E-state index in [9.17, 15) is 9.59 Å². The summed E-state index contributed by atoms with van der Waals surface area (Å²) in [5.41, 5.74) is 2.61. The van der Waals surface area contributed by atoms with Gasteiger partial charge >= 0.3 is 0 Å². The topological polar surface area (TPSA) is 67.4 Å². The number of thiophene rings is 1. The van der Waals surface area contributed by atoms with Gasteiger partial charge in [-0.3, -0.25) is 9.59 Å².